The summed E-state index contributed by atoms with van der Waals surface area (Å²) in [5.41, 5.74) is 4.58. The fraction of sp³-hybridized carbons (Fsp3) is 0.148. The van der Waals surface area contributed by atoms with E-state index >= 15 is 0 Å². The molecule has 0 unspecified atom stereocenters. The zero-order valence-electron chi connectivity index (χ0n) is 17.2. The number of terminal acetylenes is 1. The van der Waals surface area contributed by atoms with E-state index in [0.29, 0.717) is 24.9 Å². The summed E-state index contributed by atoms with van der Waals surface area (Å²) in [4.78, 5) is 13.6. The highest BCUT2D eigenvalue weighted by atomic mass is 32.1. The number of aryl methyl sites for hydroxylation is 1. The van der Waals surface area contributed by atoms with Crippen LogP contribution in [0.3, 0.4) is 0 Å². The van der Waals surface area contributed by atoms with Crippen LogP contribution in [-0.2, 0) is 6.42 Å². The molecule has 0 spiro atoms. The fourth-order valence-electron chi connectivity index (χ4n) is 3.72. The molecule has 0 radical (unpaired) electrons. The quantitative estimate of drug-likeness (QED) is 0.282. The number of carbonyl (C=O) groups is 1. The van der Waals surface area contributed by atoms with E-state index in [2.05, 4.69) is 29.4 Å². The second kappa shape index (κ2) is 9.16. The Labute approximate surface area is 185 Å². The molecule has 0 aliphatic carbocycles. The molecular formula is C27H22FNOS. The number of fused-ring (bicyclic) bond motifs is 1. The summed E-state index contributed by atoms with van der Waals surface area (Å²) < 4.78 is 14.9. The third-order valence-electron chi connectivity index (χ3n) is 5.07. The van der Waals surface area contributed by atoms with Crippen LogP contribution in [0.4, 0.5) is 4.39 Å². The van der Waals surface area contributed by atoms with Crippen molar-refractivity contribution in [2.24, 2.45) is 0 Å². The van der Waals surface area contributed by atoms with Gasteiger partial charge in [-0.25, -0.2) is 4.39 Å². The monoisotopic (exact) mass is 427 g/mol. The van der Waals surface area contributed by atoms with Crippen LogP contribution in [-0.4, -0.2) is 12.5 Å². The Balaban J connectivity index is 1.65. The van der Waals surface area contributed by atoms with Crippen molar-refractivity contribution in [1.29, 1.82) is 0 Å². The molecule has 0 fully saturated rings. The molecule has 1 N–H and O–H groups in total. The predicted octanol–water partition coefficient (Wildman–Crippen LogP) is 6.36. The fourth-order valence-corrected chi connectivity index (χ4v) is 4.95. The maximum Gasteiger partial charge on any atom is 0.251 e. The van der Waals surface area contributed by atoms with Crippen LogP contribution >= 0.6 is 11.3 Å². The minimum Gasteiger partial charge on any atom is -0.351 e. The lowest BCUT2D eigenvalue weighted by Gasteiger charge is -2.07. The maximum atomic E-state index is 13.8. The first kappa shape index (κ1) is 20.8. The molecule has 154 valence electrons. The number of benzene rings is 3. The first-order valence-corrected chi connectivity index (χ1v) is 10.9. The number of amides is 1. The number of rotatable bonds is 6. The van der Waals surface area contributed by atoms with Gasteiger partial charge in [0.2, 0.25) is 0 Å². The smallest absolute Gasteiger partial charge is 0.251 e. The van der Waals surface area contributed by atoms with Gasteiger partial charge in [-0.05, 0) is 64.9 Å². The van der Waals surface area contributed by atoms with Crippen LogP contribution < -0.4 is 5.32 Å². The van der Waals surface area contributed by atoms with Crippen molar-refractivity contribution in [3.63, 3.8) is 0 Å². The summed E-state index contributed by atoms with van der Waals surface area (Å²) in [6, 6.07) is 21.2. The van der Waals surface area contributed by atoms with E-state index in [9.17, 15) is 9.18 Å². The Bertz CT molecular complexity index is 1280. The van der Waals surface area contributed by atoms with E-state index in [4.69, 9.17) is 6.42 Å². The number of nitrogens with one attached hydrogen (secondary N) is 1. The first-order chi connectivity index (χ1) is 15.0. The molecule has 3 aromatic carbocycles. The van der Waals surface area contributed by atoms with Gasteiger partial charge in [-0.2, -0.15) is 0 Å². The lowest BCUT2D eigenvalue weighted by molar-refractivity contribution is 0.0954. The number of halogens is 1. The Morgan fingerprint density at radius 3 is 2.74 bits per heavy atom. The van der Waals surface area contributed by atoms with Gasteiger partial charge in [0.1, 0.15) is 5.82 Å². The van der Waals surface area contributed by atoms with Gasteiger partial charge in [-0.1, -0.05) is 36.4 Å². The summed E-state index contributed by atoms with van der Waals surface area (Å²) in [7, 11) is 0. The van der Waals surface area contributed by atoms with E-state index in [1.54, 1.807) is 29.5 Å². The second-order valence-corrected chi connectivity index (χ2v) is 8.68. The zero-order valence-corrected chi connectivity index (χ0v) is 18.1. The molecule has 1 heterocycles. The third kappa shape index (κ3) is 4.84. The molecule has 1 amide bonds. The number of thiophene rings is 1. The highest BCUT2D eigenvalue weighted by Crippen LogP contribution is 2.36. The van der Waals surface area contributed by atoms with Gasteiger partial charge in [0.05, 0.1) is 0 Å². The molecule has 4 heteroatoms. The van der Waals surface area contributed by atoms with Crippen LogP contribution in [0.15, 0.2) is 66.7 Å². The van der Waals surface area contributed by atoms with Crippen LogP contribution in [0.2, 0.25) is 0 Å². The molecule has 0 aliphatic heterocycles. The van der Waals surface area contributed by atoms with Crippen molar-refractivity contribution in [3.8, 4) is 23.5 Å². The lowest BCUT2D eigenvalue weighted by Crippen LogP contribution is -2.24. The van der Waals surface area contributed by atoms with Crippen molar-refractivity contribution < 1.29 is 9.18 Å². The number of carbonyl (C=O) groups excluding carboxylic acids is 1. The molecule has 31 heavy (non-hydrogen) atoms. The molecule has 4 aromatic rings. The van der Waals surface area contributed by atoms with E-state index < -0.39 is 0 Å². The van der Waals surface area contributed by atoms with Gasteiger partial charge in [-0.3, -0.25) is 4.79 Å². The Morgan fingerprint density at radius 1 is 1.10 bits per heavy atom. The van der Waals surface area contributed by atoms with Gasteiger partial charge in [0, 0.05) is 34.5 Å². The molecule has 0 aliphatic rings. The largest absolute Gasteiger partial charge is 0.351 e. The first-order valence-electron chi connectivity index (χ1n) is 10.1. The van der Waals surface area contributed by atoms with Crippen LogP contribution in [0, 0.1) is 25.1 Å². The van der Waals surface area contributed by atoms with Crippen LogP contribution in [0.5, 0.6) is 0 Å². The molecule has 1 aromatic heterocycles. The summed E-state index contributed by atoms with van der Waals surface area (Å²) in [5.74, 6) is 2.20. The topological polar surface area (TPSA) is 29.1 Å². The van der Waals surface area contributed by atoms with E-state index in [1.165, 1.54) is 4.88 Å². The third-order valence-corrected chi connectivity index (χ3v) is 6.25. The molecule has 0 saturated carbocycles. The number of hydrogen-bond donors (Lipinski definition) is 1. The normalized spacial score (nSPS) is 10.7. The standard InChI is InChI=1S/C27H22FNOS/c1-3-4-11-29-27(30)22-9-5-7-20(16-22)25-10-6-8-21-17-24(31-26(21)25)15-19-12-18(2)13-23(28)14-19/h1,5-10,12-14,16-17H,4,11,15H2,2H3,(H,29,30). The molecule has 2 nitrogen and oxygen atoms in total. The summed E-state index contributed by atoms with van der Waals surface area (Å²) in [6.45, 7) is 2.37. The van der Waals surface area contributed by atoms with E-state index in [1.807, 2.05) is 37.3 Å². The van der Waals surface area contributed by atoms with Crippen molar-refractivity contribution >= 4 is 27.3 Å². The average molecular weight is 428 g/mol. The Hall–Kier alpha value is -3.42. The SMILES string of the molecule is C#CCCNC(=O)c1cccc(-c2cccc3cc(Cc4cc(C)cc(F)c4)sc23)c1. The van der Waals surface area contributed by atoms with Gasteiger partial charge in [0.25, 0.3) is 5.91 Å². The molecule has 0 bridgehead atoms. The minimum absolute atomic E-state index is 0.127. The summed E-state index contributed by atoms with van der Waals surface area (Å²) >= 11 is 1.71. The molecular weight excluding hydrogens is 405 g/mol. The lowest BCUT2D eigenvalue weighted by atomic mass is 10.0. The van der Waals surface area contributed by atoms with Crippen molar-refractivity contribution in [2.75, 3.05) is 6.54 Å². The van der Waals surface area contributed by atoms with Gasteiger partial charge < -0.3 is 5.32 Å². The predicted molar refractivity (Wildman–Crippen MR) is 127 cm³/mol. The van der Waals surface area contributed by atoms with Gasteiger partial charge in [0.15, 0.2) is 0 Å². The van der Waals surface area contributed by atoms with Crippen molar-refractivity contribution in [2.45, 2.75) is 19.8 Å². The summed E-state index contributed by atoms with van der Waals surface area (Å²) in [5, 5.41) is 3.99. The van der Waals surface area contributed by atoms with E-state index in [0.717, 1.165) is 32.3 Å². The van der Waals surface area contributed by atoms with E-state index in [-0.39, 0.29) is 11.7 Å². The molecule has 0 atom stereocenters. The Morgan fingerprint density at radius 2 is 1.94 bits per heavy atom. The van der Waals surface area contributed by atoms with Crippen molar-refractivity contribution in [1.82, 2.24) is 5.32 Å². The van der Waals surface area contributed by atoms with Gasteiger partial charge in [-0.15, -0.1) is 23.7 Å². The highest BCUT2D eigenvalue weighted by Gasteiger charge is 2.12. The molecule has 4 rings (SSSR count). The highest BCUT2D eigenvalue weighted by molar-refractivity contribution is 7.19. The van der Waals surface area contributed by atoms with Crippen molar-refractivity contribution in [3.05, 3.63) is 94.1 Å². The second-order valence-electron chi connectivity index (χ2n) is 7.54. The number of hydrogen-bond acceptors (Lipinski definition) is 2. The van der Waals surface area contributed by atoms with Gasteiger partial charge >= 0.3 is 0 Å². The van der Waals surface area contributed by atoms with Crippen LogP contribution in [0.25, 0.3) is 21.2 Å². The minimum atomic E-state index is -0.200. The summed E-state index contributed by atoms with van der Waals surface area (Å²) in [6.07, 6.45) is 6.45. The maximum absolute atomic E-state index is 13.8. The molecule has 0 saturated heterocycles. The average Bonchev–Trinajstić information content (AvgIpc) is 3.15. The van der Waals surface area contributed by atoms with Crippen LogP contribution in [0.1, 0.15) is 32.8 Å². The zero-order chi connectivity index (χ0) is 21.8. The Kier molecular flexibility index (Phi) is 6.16.